The zero-order valence-corrected chi connectivity index (χ0v) is 16.6. The minimum atomic E-state index is -0.651. The van der Waals surface area contributed by atoms with Crippen LogP contribution in [0.2, 0.25) is 0 Å². The molecule has 4 N–H and O–H groups in total. The van der Waals surface area contributed by atoms with Crippen molar-refractivity contribution in [2.75, 3.05) is 6.61 Å². The molecule has 3 aromatic carbocycles. The third kappa shape index (κ3) is 5.64. The van der Waals surface area contributed by atoms with Crippen molar-refractivity contribution in [1.29, 1.82) is 0 Å². The maximum Gasteiger partial charge on any atom is 0.273 e. The minimum Gasteiger partial charge on any atom is -0.507 e. The van der Waals surface area contributed by atoms with E-state index < -0.39 is 23.3 Å². The number of rotatable bonds is 5. The number of carbonyl (C=O) groups excluding carboxylic acids is 2. The molecule has 0 aromatic heterocycles. The number of amides is 2. The Balaban J connectivity index is 1.48. The predicted molar refractivity (Wildman–Crippen MR) is 116 cm³/mol. The number of benzene rings is 3. The first-order chi connectivity index (χ1) is 14.8. The van der Waals surface area contributed by atoms with Crippen molar-refractivity contribution in [3.63, 3.8) is 0 Å². The van der Waals surface area contributed by atoms with Crippen molar-refractivity contribution in [2.24, 2.45) is 0 Å². The van der Waals surface area contributed by atoms with Gasteiger partial charge in [0.05, 0.1) is 10.5 Å². The second kappa shape index (κ2) is 9.50. The molecule has 3 rings (SSSR count). The van der Waals surface area contributed by atoms with Crippen LogP contribution < -0.4 is 20.9 Å². The number of hydrogen-bond donors (Lipinski definition) is 4. The van der Waals surface area contributed by atoms with Crippen LogP contribution in [0.5, 0.6) is 11.5 Å². The van der Waals surface area contributed by atoms with E-state index in [2.05, 4.69) is 16.2 Å². The van der Waals surface area contributed by atoms with Crippen molar-refractivity contribution in [3.05, 3.63) is 76.3 Å². The number of carbonyl (C=O) groups is 2. The first-order valence-electron chi connectivity index (χ1n) is 8.82. The number of fused-ring (bicyclic) bond motifs is 1. The summed E-state index contributed by atoms with van der Waals surface area (Å²) in [5, 5.41) is 24.3. The summed E-state index contributed by atoms with van der Waals surface area (Å²) in [6.07, 6.45) is 0. The lowest BCUT2D eigenvalue weighted by Crippen LogP contribution is -2.49. The number of hydrogen-bond acceptors (Lipinski definition) is 7. The number of thiocarbonyl (C=S) groups is 1. The van der Waals surface area contributed by atoms with Crippen LogP contribution in [-0.4, -0.2) is 33.6 Å². The molecule has 0 spiro atoms. The van der Waals surface area contributed by atoms with Crippen molar-refractivity contribution >= 4 is 45.6 Å². The molecule has 2 amide bonds. The molecular weight excluding hydrogens is 424 g/mol. The highest BCUT2D eigenvalue weighted by Crippen LogP contribution is 2.24. The van der Waals surface area contributed by atoms with E-state index in [1.54, 1.807) is 12.1 Å². The third-order valence-corrected chi connectivity index (χ3v) is 4.27. The number of phenolic OH excluding ortho intramolecular Hbond substituents is 1. The fraction of sp³-hybridized carbons (Fsp3) is 0.0500. The van der Waals surface area contributed by atoms with Crippen LogP contribution in [0, 0.1) is 10.1 Å². The molecule has 10 nitrogen and oxygen atoms in total. The fourth-order valence-corrected chi connectivity index (χ4v) is 2.76. The van der Waals surface area contributed by atoms with Gasteiger partial charge < -0.3 is 9.84 Å². The quantitative estimate of drug-likeness (QED) is 0.269. The Morgan fingerprint density at radius 1 is 1.03 bits per heavy atom. The van der Waals surface area contributed by atoms with E-state index >= 15 is 0 Å². The molecule has 158 valence electrons. The molecule has 0 bridgehead atoms. The molecule has 0 radical (unpaired) electrons. The highest BCUT2D eigenvalue weighted by atomic mass is 32.1. The summed E-state index contributed by atoms with van der Waals surface area (Å²) in [5.41, 5.74) is 4.58. The van der Waals surface area contributed by atoms with E-state index in [9.17, 15) is 24.8 Å². The summed E-state index contributed by atoms with van der Waals surface area (Å²) in [5.74, 6) is -1.20. The zero-order valence-electron chi connectivity index (χ0n) is 15.8. The summed E-state index contributed by atoms with van der Waals surface area (Å²) >= 11 is 4.93. The van der Waals surface area contributed by atoms with E-state index in [4.69, 9.17) is 17.0 Å². The average molecular weight is 440 g/mol. The van der Waals surface area contributed by atoms with E-state index in [1.807, 2.05) is 12.1 Å². The Labute approximate surface area is 180 Å². The SMILES string of the molecule is O=C(COc1ccc([N+](=O)[O-])cc1)NC(=S)NNC(=O)c1cc2ccccc2cc1O. The molecule has 0 saturated carbocycles. The molecule has 0 aliphatic rings. The zero-order chi connectivity index (χ0) is 22.4. The molecule has 0 aliphatic carbocycles. The van der Waals surface area contributed by atoms with Gasteiger partial charge in [-0.05, 0) is 47.3 Å². The van der Waals surface area contributed by atoms with Gasteiger partial charge in [0, 0.05) is 12.1 Å². The highest BCUT2D eigenvalue weighted by Gasteiger charge is 2.13. The number of ether oxygens (including phenoxy) is 1. The van der Waals surface area contributed by atoms with Crippen LogP contribution >= 0.6 is 12.2 Å². The van der Waals surface area contributed by atoms with Crippen LogP contribution in [0.1, 0.15) is 10.4 Å². The van der Waals surface area contributed by atoms with Gasteiger partial charge in [0.2, 0.25) is 0 Å². The average Bonchev–Trinajstić information content (AvgIpc) is 2.75. The van der Waals surface area contributed by atoms with Crippen LogP contribution in [0.3, 0.4) is 0 Å². The maximum absolute atomic E-state index is 12.3. The van der Waals surface area contributed by atoms with Gasteiger partial charge in [0.1, 0.15) is 11.5 Å². The maximum atomic E-state index is 12.3. The summed E-state index contributed by atoms with van der Waals surface area (Å²) in [7, 11) is 0. The molecule has 0 heterocycles. The van der Waals surface area contributed by atoms with Crippen molar-refractivity contribution < 1.29 is 24.4 Å². The van der Waals surface area contributed by atoms with Crippen LogP contribution in [-0.2, 0) is 4.79 Å². The highest BCUT2D eigenvalue weighted by molar-refractivity contribution is 7.80. The van der Waals surface area contributed by atoms with Crippen LogP contribution in [0.25, 0.3) is 10.8 Å². The largest absolute Gasteiger partial charge is 0.507 e. The molecule has 3 aromatic rings. The molecule has 0 fully saturated rings. The molecule has 0 unspecified atom stereocenters. The monoisotopic (exact) mass is 440 g/mol. The topological polar surface area (TPSA) is 143 Å². The number of nitro groups is 1. The first-order valence-corrected chi connectivity index (χ1v) is 9.23. The lowest BCUT2D eigenvalue weighted by atomic mass is 10.1. The van der Waals surface area contributed by atoms with Gasteiger partial charge >= 0.3 is 0 Å². The Morgan fingerprint density at radius 3 is 2.32 bits per heavy atom. The second-order valence-electron chi connectivity index (χ2n) is 6.21. The van der Waals surface area contributed by atoms with Gasteiger partial charge in [-0.15, -0.1) is 0 Å². The van der Waals surface area contributed by atoms with Gasteiger partial charge in [0.15, 0.2) is 11.7 Å². The Morgan fingerprint density at radius 2 is 1.68 bits per heavy atom. The fourth-order valence-electron chi connectivity index (χ4n) is 2.60. The smallest absolute Gasteiger partial charge is 0.273 e. The number of aromatic hydroxyl groups is 1. The van der Waals surface area contributed by atoms with Gasteiger partial charge in [-0.1, -0.05) is 24.3 Å². The Bertz CT molecular complexity index is 1170. The molecule has 0 atom stereocenters. The minimum absolute atomic E-state index is 0.0295. The van der Waals surface area contributed by atoms with Gasteiger partial charge in [-0.3, -0.25) is 35.9 Å². The summed E-state index contributed by atoms with van der Waals surface area (Å²) in [6.45, 7) is -0.404. The predicted octanol–water partition coefficient (Wildman–Crippen LogP) is 2.17. The molecule has 0 aliphatic heterocycles. The summed E-state index contributed by atoms with van der Waals surface area (Å²) in [4.78, 5) is 34.3. The number of non-ortho nitro benzene ring substituents is 1. The van der Waals surface area contributed by atoms with E-state index in [0.29, 0.717) is 0 Å². The molecule has 11 heteroatoms. The standard InChI is InChI=1S/C20H16N4O6S/c25-17-10-13-4-2-1-3-12(13)9-16(17)19(27)22-23-20(31)21-18(26)11-30-15-7-5-14(6-8-15)24(28)29/h1-10,25H,11H2,(H,22,27)(H2,21,23,26,31). The first kappa shape index (κ1) is 21.5. The molecule has 0 saturated heterocycles. The number of nitrogens with zero attached hydrogens (tertiary/aromatic N) is 1. The second-order valence-corrected chi connectivity index (χ2v) is 6.62. The van der Waals surface area contributed by atoms with Crippen LogP contribution in [0.4, 0.5) is 5.69 Å². The number of nitrogens with one attached hydrogen (secondary N) is 3. The summed E-state index contributed by atoms with van der Waals surface area (Å²) < 4.78 is 5.21. The van der Waals surface area contributed by atoms with Gasteiger partial charge in [-0.2, -0.15) is 0 Å². The number of hydrazine groups is 1. The van der Waals surface area contributed by atoms with Crippen LogP contribution in [0.15, 0.2) is 60.7 Å². The lowest BCUT2D eigenvalue weighted by Gasteiger charge is -2.12. The van der Waals surface area contributed by atoms with Crippen molar-refractivity contribution in [1.82, 2.24) is 16.2 Å². The van der Waals surface area contributed by atoms with E-state index in [0.717, 1.165) is 10.8 Å². The lowest BCUT2D eigenvalue weighted by molar-refractivity contribution is -0.384. The number of nitro benzene ring substituents is 1. The van der Waals surface area contributed by atoms with E-state index in [1.165, 1.54) is 36.4 Å². The summed E-state index contributed by atoms with van der Waals surface area (Å²) in [6, 6.07) is 15.4. The third-order valence-electron chi connectivity index (χ3n) is 4.07. The number of phenols is 1. The van der Waals surface area contributed by atoms with Crippen molar-refractivity contribution in [3.8, 4) is 11.5 Å². The molecule has 31 heavy (non-hydrogen) atoms. The Kier molecular flexibility index (Phi) is 6.58. The van der Waals surface area contributed by atoms with E-state index in [-0.39, 0.29) is 27.9 Å². The normalized spacial score (nSPS) is 10.2. The van der Waals surface area contributed by atoms with Gasteiger partial charge in [0.25, 0.3) is 17.5 Å². The van der Waals surface area contributed by atoms with Gasteiger partial charge in [-0.25, -0.2) is 0 Å². The Hall–Kier alpha value is -4.25. The molecular formula is C20H16N4O6S. The van der Waals surface area contributed by atoms with Crippen molar-refractivity contribution in [2.45, 2.75) is 0 Å².